The first-order valence-electron chi connectivity index (χ1n) is 6.22. The molecule has 25 heavy (non-hydrogen) atoms. The van der Waals surface area contributed by atoms with Crippen LogP contribution in [0.15, 0.2) is 18.2 Å². The van der Waals surface area contributed by atoms with Crippen LogP contribution in [-0.4, -0.2) is 11.8 Å². The van der Waals surface area contributed by atoms with E-state index in [9.17, 15) is 31.5 Å². The number of carbonyl (C=O) groups excluding carboxylic acids is 2. The van der Waals surface area contributed by atoms with Crippen molar-refractivity contribution in [2.24, 2.45) is 0 Å². The highest BCUT2D eigenvalue weighted by Crippen LogP contribution is 2.23. The van der Waals surface area contributed by atoms with E-state index in [2.05, 4.69) is 0 Å². The summed E-state index contributed by atoms with van der Waals surface area (Å²) in [7, 11) is 0. The molecule has 0 fully saturated rings. The van der Waals surface area contributed by atoms with Crippen LogP contribution in [0.25, 0.3) is 0 Å². The van der Waals surface area contributed by atoms with Crippen LogP contribution in [0.4, 0.5) is 22.0 Å². The van der Waals surface area contributed by atoms with Crippen LogP contribution >= 0.6 is 23.2 Å². The second kappa shape index (κ2) is 7.24. The van der Waals surface area contributed by atoms with Gasteiger partial charge in [0.15, 0.2) is 23.3 Å². The number of amides is 2. The lowest BCUT2D eigenvalue weighted by Crippen LogP contribution is -2.42. The molecule has 2 rings (SSSR count). The van der Waals surface area contributed by atoms with Crippen molar-refractivity contribution in [1.29, 1.82) is 0 Å². The molecular weight excluding hydrogens is 394 g/mol. The molecule has 4 nitrogen and oxygen atoms in total. The van der Waals surface area contributed by atoms with Gasteiger partial charge >= 0.3 is 0 Å². The molecule has 0 bridgehead atoms. The zero-order chi connectivity index (χ0) is 18.9. The number of halogens is 7. The first kappa shape index (κ1) is 18.9. The maximum atomic E-state index is 13.5. The Morgan fingerprint density at radius 3 is 1.80 bits per heavy atom. The van der Waals surface area contributed by atoms with Crippen molar-refractivity contribution >= 4 is 35.0 Å². The lowest BCUT2D eigenvalue weighted by atomic mass is 10.1. The summed E-state index contributed by atoms with van der Waals surface area (Å²) in [6.45, 7) is 0. The van der Waals surface area contributed by atoms with Gasteiger partial charge in [0.25, 0.3) is 11.8 Å². The predicted octanol–water partition coefficient (Wildman–Crippen LogP) is 3.76. The number of rotatable bonds is 2. The normalized spacial score (nSPS) is 10.5. The summed E-state index contributed by atoms with van der Waals surface area (Å²) in [5.74, 6) is -14.5. The van der Waals surface area contributed by atoms with Gasteiger partial charge < -0.3 is 0 Å². The standard InChI is InChI=1S/C14H5Cl2F5N2O2/c15-4-1-2-6(16)5(3-4)13(24)22-23-14(25)7-8(17)10(19)12(21)11(20)9(7)18/h1-3H,(H,22,24)(H,23,25). The summed E-state index contributed by atoms with van der Waals surface area (Å²) in [5.41, 5.74) is 1.29. The van der Waals surface area contributed by atoms with E-state index in [-0.39, 0.29) is 15.6 Å². The molecule has 0 aliphatic rings. The van der Waals surface area contributed by atoms with Crippen molar-refractivity contribution in [3.63, 3.8) is 0 Å². The lowest BCUT2D eigenvalue weighted by molar-refractivity contribution is 0.0840. The molecule has 0 saturated carbocycles. The minimum atomic E-state index is -2.42. The maximum Gasteiger partial charge on any atom is 0.275 e. The smallest absolute Gasteiger partial charge is 0.267 e. The summed E-state index contributed by atoms with van der Waals surface area (Å²) in [4.78, 5) is 23.5. The second-order valence-electron chi connectivity index (χ2n) is 4.48. The van der Waals surface area contributed by atoms with Crippen LogP contribution in [0, 0.1) is 29.1 Å². The molecule has 0 heterocycles. The Hall–Kier alpha value is -2.39. The predicted molar refractivity (Wildman–Crippen MR) is 77.6 cm³/mol. The van der Waals surface area contributed by atoms with E-state index in [1.807, 2.05) is 0 Å². The Labute approximate surface area is 146 Å². The molecule has 2 amide bonds. The third-order valence-electron chi connectivity index (χ3n) is 2.90. The maximum absolute atomic E-state index is 13.5. The van der Waals surface area contributed by atoms with E-state index >= 15 is 0 Å². The molecule has 0 saturated heterocycles. The van der Waals surface area contributed by atoms with Gasteiger partial charge in [0.2, 0.25) is 5.82 Å². The summed E-state index contributed by atoms with van der Waals surface area (Å²) in [6, 6.07) is 3.77. The Morgan fingerprint density at radius 2 is 1.24 bits per heavy atom. The number of carbonyl (C=O) groups is 2. The summed E-state index contributed by atoms with van der Waals surface area (Å²) in [6.07, 6.45) is 0. The number of nitrogens with one attached hydrogen (secondary N) is 2. The van der Waals surface area contributed by atoms with Crippen molar-refractivity contribution in [1.82, 2.24) is 10.9 Å². The Balaban J connectivity index is 2.24. The van der Waals surface area contributed by atoms with Crippen LogP contribution in [0.5, 0.6) is 0 Å². The van der Waals surface area contributed by atoms with Gasteiger partial charge in [-0.1, -0.05) is 23.2 Å². The van der Waals surface area contributed by atoms with Crippen LogP contribution < -0.4 is 10.9 Å². The van der Waals surface area contributed by atoms with Crippen LogP contribution in [0.1, 0.15) is 20.7 Å². The second-order valence-corrected chi connectivity index (χ2v) is 5.32. The summed E-state index contributed by atoms with van der Waals surface area (Å²) in [5, 5.41) is 0.0630. The van der Waals surface area contributed by atoms with Gasteiger partial charge in [-0.25, -0.2) is 22.0 Å². The zero-order valence-corrected chi connectivity index (χ0v) is 13.2. The highest BCUT2D eigenvalue weighted by Gasteiger charge is 2.30. The molecule has 11 heteroatoms. The van der Waals surface area contributed by atoms with Crippen LogP contribution in [-0.2, 0) is 0 Å². The number of benzene rings is 2. The van der Waals surface area contributed by atoms with Gasteiger partial charge in [0.05, 0.1) is 10.6 Å². The molecule has 2 N–H and O–H groups in total. The van der Waals surface area contributed by atoms with Crippen molar-refractivity contribution in [3.8, 4) is 0 Å². The molecule has 0 aromatic heterocycles. The van der Waals surface area contributed by atoms with Crippen molar-refractivity contribution < 1.29 is 31.5 Å². The Morgan fingerprint density at radius 1 is 0.760 bits per heavy atom. The molecule has 0 aliphatic carbocycles. The average molecular weight is 399 g/mol. The van der Waals surface area contributed by atoms with Gasteiger partial charge in [0, 0.05) is 5.02 Å². The third-order valence-corrected chi connectivity index (χ3v) is 3.46. The Bertz CT molecular complexity index is 863. The van der Waals surface area contributed by atoms with Crippen molar-refractivity contribution in [3.05, 3.63) is 68.5 Å². The Kier molecular flexibility index (Phi) is 5.48. The number of hydrogen-bond acceptors (Lipinski definition) is 2. The quantitative estimate of drug-likeness (QED) is 0.350. The van der Waals surface area contributed by atoms with Gasteiger partial charge in [-0.05, 0) is 18.2 Å². The van der Waals surface area contributed by atoms with Crippen molar-refractivity contribution in [2.45, 2.75) is 0 Å². The molecule has 0 aliphatic heterocycles. The van der Waals surface area contributed by atoms with Gasteiger partial charge in [-0.2, -0.15) is 0 Å². The SMILES string of the molecule is O=C(NNC(=O)c1c(F)c(F)c(F)c(F)c1F)c1cc(Cl)ccc1Cl. The first-order valence-corrected chi connectivity index (χ1v) is 6.98. The van der Waals surface area contributed by atoms with E-state index in [0.717, 1.165) is 6.07 Å². The van der Waals surface area contributed by atoms with E-state index in [4.69, 9.17) is 23.2 Å². The monoisotopic (exact) mass is 398 g/mol. The molecule has 0 spiro atoms. The van der Waals surface area contributed by atoms with Crippen LogP contribution in [0.2, 0.25) is 10.0 Å². The molecule has 2 aromatic carbocycles. The summed E-state index contributed by atoms with van der Waals surface area (Å²) >= 11 is 11.4. The fourth-order valence-electron chi connectivity index (χ4n) is 1.72. The molecular formula is C14H5Cl2F5N2O2. The van der Waals surface area contributed by atoms with Crippen LogP contribution in [0.3, 0.4) is 0 Å². The van der Waals surface area contributed by atoms with E-state index in [0.29, 0.717) is 0 Å². The highest BCUT2D eigenvalue weighted by molar-refractivity contribution is 6.35. The minimum Gasteiger partial charge on any atom is -0.267 e. The van der Waals surface area contributed by atoms with Gasteiger partial charge in [0.1, 0.15) is 5.56 Å². The van der Waals surface area contributed by atoms with Crippen molar-refractivity contribution in [2.75, 3.05) is 0 Å². The van der Waals surface area contributed by atoms with Gasteiger partial charge in [-0.15, -0.1) is 0 Å². The number of hydrazine groups is 1. The summed E-state index contributed by atoms with van der Waals surface area (Å²) < 4.78 is 66.0. The molecule has 0 atom stereocenters. The fourth-order valence-corrected chi connectivity index (χ4v) is 2.09. The largest absolute Gasteiger partial charge is 0.275 e. The molecule has 132 valence electrons. The molecule has 0 unspecified atom stereocenters. The zero-order valence-electron chi connectivity index (χ0n) is 11.7. The van der Waals surface area contributed by atoms with Gasteiger partial charge in [-0.3, -0.25) is 20.4 Å². The topological polar surface area (TPSA) is 58.2 Å². The average Bonchev–Trinajstić information content (AvgIpc) is 2.58. The van der Waals surface area contributed by atoms with E-state index in [1.165, 1.54) is 17.6 Å². The third kappa shape index (κ3) is 3.67. The molecule has 2 aromatic rings. The lowest BCUT2D eigenvalue weighted by Gasteiger charge is -2.11. The highest BCUT2D eigenvalue weighted by atomic mass is 35.5. The minimum absolute atomic E-state index is 0.0626. The molecule has 0 radical (unpaired) electrons. The van der Waals surface area contributed by atoms with E-state index in [1.54, 1.807) is 5.43 Å². The number of hydrogen-bond donors (Lipinski definition) is 2. The van der Waals surface area contributed by atoms with E-state index < -0.39 is 46.5 Å². The fraction of sp³-hybridized carbons (Fsp3) is 0. The first-order chi connectivity index (χ1) is 11.6.